The third kappa shape index (κ3) is 3.89. The van der Waals surface area contributed by atoms with Gasteiger partial charge in [-0.25, -0.2) is 4.79 Å². The van der Waals surface area contributed by atoms with Gasteiger partial charge < -0.3 is 4.74 Å². The van der Waals surface area contributed by atoms with Crippen LogP contribution in [-0.4, -0.2) is 13.1 Å². The monoisotopic (exact) mass is 140 g/mol. The highest BCUT2D eigenvalue weighted by atomic mass is 16.5. The van der Waals surface area contributed by atoms with Crippen LogP contribution in [0.25, 0.3) is 0 Å². The van der Waals surface area contributed by atoms with E-state index in [1.54, 1.807) is 6.08 Å². The Bertz CT molecular complexity index is 166. The maximum Gasteiger partial charge on any atom is 0.330 e. The molecule has 0 aliphatic carbocycles. The molecule has 0 saturated carbocycles. The lowest BCUT2D eigenvalue weighted by molar-refractivity contribution is -0.134. The Kier molecular flexibility index (Phi) is 4.29. The summed E-state index contributed by atoms with van der Waals surface area (Å²) in [6, 6.07) is 0. The molecule has 2 nitrogen and oxygen atoms in total. The SMILES string of the molecule is C/C=C(C)/C=C/C(=O)OC. The van der Waals surface area contributed by atoms with Gasteiger partial charge in [0.05, 0.1) is 7.11 Å². The van der Waals surface area contributed by atoms with Crippen LogP contribution in [0.15, 0.2) is 23.8 Å². The molecule has 10 heavy (non-hydrogen) atoms. The molecule has 0 saturated heterocycles. The fourth-order valence-corrected chi connectivity index (χ4v) is 0.364. The summed E-state index contributed by atoms with van der Waals surface area (Å²) in [4.78, 5) is 10.5. The minimum absolute atomic E-state index is 0.318. The average Bonchev–Trinajstić information content (AvgIpc) is 1.99. The summed E-state index contributed by atoms with van der Waals surface area (Å²) >= 11 is 0. The Morgan fingerprint density at radius 3 is 2.40 bits per heavy atom. The molecule has 0 radical (unpaired) electrons. The lowest BCUT2D eigenvalue weighted by Crippen LogP contribution is -1.93. The van der Waals surface area contributed by atoms with Crippen LogP contribution in [-0.2, 0) is 9.53 Å². The van der Waals surface area contributed by atoms with Crippen LogP contribution in [0.5, 0.6) is 0 Å². The van der Waals surface area contributed by atoms with E-state index in [4.69, 9.17) is 0 Å². The molecule has 0 unspecified atom stereocenters. The molecule has 56 valence electrons. The Morgan fingerprint density at radius 1 is 1.40 bits per heavy atom. The minimum atomic E-state index is -0.318. The molecule has 0 aromatic rings. The fourth-order valence-electron chi connectivity index (χ4n) is 0.364. The molecule has 0 aromatic carbocycles. The molecule has 0 bridgehead atoms. The summed E-state index contributed by atoms with van der Waals surface area (Å²) in [7, 11) is 1.36. The number of ether oxygens (including phenoxy) is 1. The van der Waals surface area contributed by atoms with Crippen LogP contribution in [0.4, 0.5) is 0 Å². The van der Waals surface area contributed by atoms with Crippen molar-refractivity contribution < 1.29 is 9.53 Å². The number of carbonyl (C=O) groups is 1. The first-order chi connectivity index (χ1) is 4.70. The van der Waals surface area contributed by atoms with Crippen molar-refractivity contribution in [1.29, 1.82) is 0 Å². The number of allylic oxidation sites excluding steroid dienone is 3. The van der Waals surface area contributed by atoms with Crippen LogP contribution < -0.4 is 0 Å². The van der Waals surface area contributed by atoms with E-state index in [1.165, 1.54) is 13.2 Å². The van der Waals surface area contributed by atoms with Crippen LogP contribution >= 0.6 is 0 Å². The number of hydrogen-bond donors (Lipinski definition) is 0. The number of hydrogen-bond acceptors (Lipinski definition) is 2. The lowest BCUT2D eigenvalue weighted by Gasteiger charge is -1.89. The van der Waals surface area contributed by atoms with Gasteiger partial charge in [-0.1, -0.05) is 17.7 Å². The van der Waals surface area contributed by atoms with E-state index < -0.39 is 0 Å². The molecule has 0 aliphatic heterocycles. The second-order valence-electron chi connectivity index (χ2n) is 1.89. The molecule has 0 atom stereocenters. The molecule has 2 heteroatoms. The predicted octanol–water partition coefficient (Wildman–Crippen LogP) is 1.68. The predicted molar refractivity (Wildman–Crippen MR) is 40.6 cm³/mol. The fraction of sp³-hybridized carbons (Fsp3) is 0.375. The van der Waals surface area contributed by atoms with Crippen LogP contribution in [0.3, 0.4) is 0 Å². The third-order valence-corrected chi connectivity index (χ3v) is 1.14. The highest BCUT2D eigenvalue weighted by molar-refractivity contribution is 5.82. The Balaban J connectivity index is 3.88. The van der Waals surface area contributed by atoms with Crippen molar-refractivity contribution in [3.63, 3.8) is 0 Å². The molecule has 0 N–H and O–H groups in total. The van der Waals surface area contributed by atoms with Gasteiger partial charge in [0.2, 0.25) is 0 Å². The second-order valence-corrected chi connectivity index (χ2v) is 1.89. The standard InChI is InChI=1S/C8H12O2/c1-4-7(2)5-6-8(9)10-3/h4-6H,1-3H3/b6-5+,7-4+. The number of methoxy groups -OCH3 is 1. The number of rotatable bonds is 2. The van der Waals surface area contributed by atoms with Gasteiger partial charge in [0.25, 0.3) is 0 Å². The summed E-state index contributed by atoms with van der Waals surface area (Å²) in [5.74, 6) is -0.318. The van der Waals surface area contributed by atoms with Crippen molar-refractivity contribution >= 4 is 5.97 Å². The molecule has 0 spiro atoms. The van der Waals surface area contributed by atoms with Gasteiger partial charge >= 0.3 is 5.97 Å². The molecular formula is C8H12O2. The zero-order valence-corrected chi connectivity index (χ0v) is 6.55. The highest BCUT2D eigenvalue weighted by Gasteiger charge is 1.88. The quantitative estimate of drug-likeness (QED) is 0.331. The Labute approximate surface area is 61.2 Å². The minimum Gasteiger partial charge on any atom is -0.466 e. The van der Waals surface area contributed by atoms with Crippen molar-refractivity contribution in [2.75, 3.05) is 7.11 Å². The van der Waals surface area contributed by atoms with E-state index in [0.29, 0.717) is 0 Å². The van der Waals surface area contributed by atoms with E-state index >= 15 is 0 Å². The van der Waals surface area contributed by atoms with Crippen LogP contribution in [0.1, 0.15) is 13.8 Å². The molecular weight excluding hydrogens is 128 g/mol. The summed E-state index contributed by atoms with van der Waals surface area (Å²) < 4.78 is 4.39. The van der Waals surface area contributed by atoms with Crippen molar-refractivity contribution in [2.45, 2.75) is 13.8 Å². The highest BCUT2D eigenvalue weighted by Crippen LogP contribution is 1.93. The normalized spacial score (nSPS) is 12.1. The molecule has 0 aliphatic rings. The Morgan fingerprint density at radius 2 is 2.00 bits per heavy atom. The number of carbonyl (C=O) groups excluding carboxylic acids is 1. The first-order valence-electron chi connectivity index (χ1n) is 3.09. The van der Waals surface area contributed by atoms with E-state index in [2.05, 4.69) is 4.74 Å². The van der Waals surface area contributed by atoms with Gasteiger partial charge in [-0.15, -0.1) is 0 Å². The summed E-state index contributed by atoms with van der Waals surface area (Å²) in [5.41, 5.74) is 1.05. The molecule has 0 aromatic heterocycles. The van der Waals surface area contributed by atoms with Crippen molar-refractivity contribution in [3.8, 4) is 0 Å². The van der Waals surface area contributed by atoms with Gasteiger partial charge in [0.1, 0.15) is 0 Å². The number of esters is 1. The van der Waals surface area contributed by atoms with E-state index in [0.717, 1.165) is 5.57 Å². The maximum absolute atomic E-state index is 10.5. The van der Waals surface area contributed by atoms with Crippen LogP contribution in [0, 0.1) is 0 Å². The molecule has 0 amide bonds. The second kappa shape index (κ2) is 4.79. The maximum atomic E-state index is 10.5. The first-order valence-corrected chi connectivity index (χ1v) is 3.09. The van der Waals surface area contributed by atoms with Gasteiger partial charge in [-0.05, 0) is 13.8 Å². The van der Waals surface area contributed by atoms with Crippen molar-refractivity contribution in [1.82, 2.24) is 0 Å². The third-order valence-electron chi connectivity index (χ3n) is 1.14. The summed E-state index contributed by atoms with van der Waals surface area (Å²) in [5, 5.41) is 0. The van der Waals surface area contributed by atoms with Crippen molar-refractivity contribution in [2.24, 2.45) is 0 Å². The topological polar surface area (TPSA) is 26.3 Å². The first kappa shape index (κ1) is 8.95. The zero-order chi connectivity index (χ0) is 7.98. The molecule has 0 heterocycles. The van der Waals surface area contributed by atoms with E-state index in [9.17, 15) is 4.79 Å². The van der Waals surface area contributed by atoms with Gasteiger partial charge in [-0.3, -0.25) is 0 Å². The van der Waals surface area contributed by atoms with Gasteiger partial charge in [0, 0.05) is 6.08 Å². The average molecular weight is 140 g/mol. The van der Waals surface area contributed by atoms with Gasteiger partial charge in [-0.2, -0.15) is 0 Å². The van der Waals surface area contributed by atoms with E-state index in [-0.39, 0.29) is 5.97 Å². The largest absolute Gasteiger partial charge is 0.466 e. The molecule has 0 rings (SSSR count). The zero-order valence-electron chi connectivity index (χ0n) is 6.55. The van der Waals surface area contributed by atoms with Gasteiger partial charge in [0.15, 0.2) is 0 Å². The van der Waals surface area contributed by atoms with E-state index in [1.807, 2.05) is 19.9 Å². The summed E-state index contributed by atoms with van der Waals surface area (Å²) in [6.45, 7) is 3.83. The lowest BCUT2D eigenvalue weighted by atomic mass is 10.3. The van der Waals surface area contributed by atoms with Crippen LogP contribution in [0.2, 0.25) is 0 Å². The molecule has 0 fully saturated rings. The Hall–Kier alpha value is -1.05. The smallest absolute Gasteiger partial charge is 0.330 e. The van der Waals surface area contributed by atoms with Crippen molar-refractivity contribution in [3.05, 3.63) is 23.8 Å². The summed E-state index contributed by atoms with van der Waals surface area (Å²) in [6.07, 6.45) is 5.03.